The summed E-state index contributed by atoms with van der Waals surface area (Å²) >= 11 is 0. The monoisotopic (exact) mass is 310 g/mol. The van der Waals surface area contributed by atoms with E-state index in [-0.39, 0.29) is 17.5 Å². The Morgan fingerprint density at radius 3 is 2.65 bits per heavy atom. The Morgan fingerprint density at radius 2 is 2.00 bits per heavy atom. The molecule has 1 aliphatic carbocycles. The first-order valence-electron chi connectivity index (χ1n) is 8.74. The summed E-state index contributed by atoms with van der Waals surface area (Å²) in [5, 5.41) is 0. The fourth-order valence-electron chi connectivity index (χ4n) is 3.42. The number of carbonyl (C=O) groups is 2. The van der Waals surface area contributed by atoms with Crippen LogP contribution in [-0.4, -0.2) is 11.6 Å². The van der Waals surface area contributed by atoms with Gasteiger partial charge in [-0.25, -0.2) is 0 Å². The van der Waals surface area contributed by atoms with Gasteiger partial charge in [-0.05, 0) is 55.9 Å². The van der Waals surface area contributed by atoms with Crippen LogP contribution in [0.1, 0.15) is 75.5 Å². The SMILES string of the molecule is CC#Cc1ccc(C2C(=O)CCC(CC)C2=O)c(CCCC)c1. The lowest BCUT2D eigenvalue weighted by atomic mass is 9.73. The predicted octanol–water partition coefficient (Wildman–Crippen LogP) is 4.44. The van der Waals surface area contributed by atoms with E-state index in [1.165, 1.54) is 0 Å². The predicted molar refractivity (Wildman–Crippen MR) is 93.4 cm³/mol. The Hall–Kier alpha value is -1.88. The zero-order chi connectivity index (χ0) is 16.8. The van der Waals surface area contributed by atoms with E-state index in [4.69, 9.17) is 0 Å². The van der Waals surface area contributed by atoms with Crippen LogP contribution < -0.4 is 0 Å². The highest BCUT2D eigenvalue weighted by atomic mass is 16.2. The number of ketones is 2. The molecule has 2 heteroatoms. The number of hydrogen-bond donors (Lipinski definition) is 0. The molecule has 1 fully saturated rings. The summed E-state index contributed by atoms with van der Waals surface area (Å²) < 4.78 is 0. The lowest BCUT2D eigenvalue weighted by molar-refractivity contribution is -0.135. The van der Waals surface area contributed by atoms with Crippen LogP contribution in [0.4, 0.5) is 0 Å². The smallest absolute Gasteiger partial charge is 0.150 e. The van der Waals surface area contributed by atoms with Gasteiger partial charge in [-0.3, -0.25) is 9.59 Å². The van der Waals surface area contributed by atoms with Crippen LogP contribution in [0.3, 0.4) is 0 Å². The molecule has 122 valence electrons. The molecule has 1 aromatic rings. The van der Waals surface area contributed by atoms with Crippen LogP contribution >= 0.6 is 0 Å². The first-order chi connectivity index (χ1) is 11.1. The molecule has 1 saturated carbocycles. The molecule has 23 heavy (non-hydrogen) atoms. The Kier molecular flexibility index (Phi) is 6.16. The van der Waals surface area contributed by atoms with Crippen molar-refractivity contribution in [2.24, 2.45) is 5.92 Å². The summed E-state index contributed by atoms with van der Waals surface area (Å²) in [5.74, 6) is 5.69. The maximum atomic E-state index is 12.8. The van der Waals surface area contributed by atoms with Crippen molar-refractivity contribution in [2.45, 2.75) is 65.2 Å². The highest BCUT2D eigenvalue weighted by Crippen LogP contribution is 2.34. The van der Waals surface area contributed by atoms with Crippen LogP contribution in [0.15, 0.2) is 18.2 Å². The molecule has 1 aliphatic rings. The number of aryl methyl sites for hydroxylation is 1. The minimum Gasteiger partial charge on any atom is -0.299 e. The highest BCUT2D eigenvalue weighted by Gasteiger charge is 2.38. The van der Waals surface area contributed by atoms with E-state index in [2.05, 4.69) is 24.8 Å². The Labute approximate surface area is 139 Å². The van der Waals surface area contributed by atoms with Crippen LogP contribution in [0.5, 0.6) is 0 Å². The lowest BCUT2D eigenvalue weighted by Crippen LogP contribution is -2.34. The van der Waals surface area contributed by atoms with Crippen molar-refractivity contribution in [3.05, 3.63) is 34.9 Å². The quantitative estimate of drug-likeness (QED) is 0.595. The zero-order valence-electron chi connectivity index (χ0n) is 14.4. The van der Waals surface area contributed by atoms with Gasteiger partial charge in [0.2, 0.25) is 0 Å². The molecule has 1 aromatic carbocycles. The molecule has 0 radical (unpaired) electrons. The third-order valence-corrected chi connectivity index (χ3v) is 4.76. The average Bonchev–Trinajstić information content (AvgIpc) is 2.55. The van der Waals surface area contributed by atoms with Crippen LogP contribution in [0.2, 0.25) is 0 Å². The molecule has 0 aromatic heterocycles. The number of carbonyl (C=O) groups excluding carboxylic acids is 2. The molecule has 0 aliphatic heterocycles. The van der Waals surface area contributed by atoms with Gasteiger partial charge in [-0.2, -0.15) is 0 Å². The van der Waals surface area contributed by atoms with Crippen molar-refractivity contribution >= 4 is 11.6 Å². The molecule has 0 N–H and O–H groups in total. The summed E-state index contributed by atoms with van der Waals surface area (Å²) in [6.45, 7) is 6.01. The molecule has 2 atom stereocenters. The number of rotatable bonds is 5. The molecule has 2 unspecified atom stereocenters. The van der Waals surface area contributed by atoms with Gasteiger partial charge in [0.05, 0.1) is 0 Å². The van der Waals surface area contributed by atoms with Gasteiger partial charge in [0.25, 0.3) is 0 Å². The molecule has 2 rings (SSSR count). The van der Waals surface area contributed by atoms with E-state index < -0.39 is 5.92 Å². The van der Waals surface area contributed by atoms with E-state index in [0.29, 0.717) is 12.8 Å². The van der Waals surface area contributed by atoms with Gasteiger partial charge in [0.15, 0.2) is 5.78 Å². The molecule has 2 nitrogen and oxygen atoms in total. The number of benzene rings is 1. The topological polar surface area (TPSA) is 34.1 Å². The van der Waals surface area contributed by atoms with Gasteiger partial charge < -0.3 is 0 Å². The van der Waals surface area contributed by atoms with Gasteiger partial charge in [-0.15, -0.1) is 5.92 Å². The summed E-state index contributed by atoms with van der Waals surface area (Å²) in [6.07, 6.45) is 5.12. The Morgan fingerprint density at radius 1 is 1.22 bits per heavy atom. The minimum atomic E-state index is -0.552. The number of hydrogen-bond acceptors (Lipinski definition) is 2. The third-order valence-electron chi connectivity index (χ3n) is 4.76. The molecular weight excluding hydrogens is 284 g/mol. The normalized spacial score (nSPS) is 21.0. The second-order valence-electron chi connectivity index (χ2n) is 6.34. The standard InChI is InChI=1S/C21H26O2/c1-4-7-9-17-14-15(8-5-2)10-12-18(17)20-19(22)13-11-16(6-3)21(20)23/h10,12,14,16,20H,4,6-7,9,11,13H2,1-3H3. The summed E-state index contributed by atoms with van der Waals surface area (Å²) in [4.78, 5) is 25.2. The van der Waals surface area contributed by atoms with E-state index in [9.17, 15) is 9.59 Å². The van der Waals surface area contributed by atoms with Crippen molar-refractivity contribution in [3.63, 3.8) is 0 Å². The molecule has 0 bridgehead atoms. The van der Waals surface area contributed by atoms with Crippen LogP contribution in [-0.2, 0) is 16.0 Å². The summed E-state index contributed by atoms with van der Waals surface area (Å²) in [7, 11) is 0. The van der Waals surface area contributed by atoms with Crippen molar-refractivity contribution < 1.29 is 9.59 Å². The molecule has 0 heterocycles. The summed E-state index contributed by atoms with van der Waals surface area (Å²) in [6, 6.07) is 5.97. The minimum absolute atomic E-state index is 0.0341. The third kappa shape index (κ3) is 3.91. The maximum absolute atomic E-state index is 12.8. The summed E-state index contributed by atoms with van der Waals surface area (Å²) in [5.41, 5.74) is 3.01. The fourth-order valence-corrected chi connectivity index (χ4v) is 3.42. The molecule has 0 saturated heterocycles. The molecule has 0 spiro atoms. The number of unbranched alkanes of at least 4 members (excludes halogenated alkanes) is 1. The van der Waals surface area contributed by atoms with Crippen molar-refractivity contribution in [3.8, 4) is 11.8 Å². The second-order valence-corrected chi connectivity index (χ2v) is 6.34. The Bertz CT molecular complexity index is 646. The van der Waals surface area contributed by atoms with Gasteiger partial charge >= 0.3 is 0 Å². The first-order valence-corrected chi connectivity index (χ1v) is 8.74. The van der Waals surface area contributed by atoms with E-state index >= 15 is 0 Å². The van der Waals surface area contributed by atoms with E-state index in [1.807, 2.05) is 26.0 Å². The zero-order valence-corrected chi connectivity index (χ0v) is 14.4. The molecular formula is C21H26O2. The maximum Gasteiger partial charge on any atom is 0.150 e. The van der Waals surface area contributed by atoms with E-state index in [0.717, 1.165) is 42.4 Å². The van der Waals surface area contributed by atoms with E-state index in [1.54, 1.807) is 0 Å². The van der Waals surface area contributed by atoms with Crippen molar-refractivity contribution in [1.29, 1.82) is 0 Å². The van der Waals surface area contributed by atoms with Crippen LogP contribution in [0, 0.1) is 17.8 Å². The largest absolute Gasteiger partial charge is 0.299 e. The molecule has 0 amide bonds. The number of Topliss-reactive ketones (excluding diaryl/α,β-unsaturated/α-hetero) is 2. The van der Waals surface area contributed by atoms with Crippen molar-refractivity contribution in [2.75, 3.05) is 0 Å². The van der Waals surface area contributed by atoms with Gasteiger partial charge in [0.1, 0.15) is 11.7 Å². The highest BCUT2D eigenvalue weighted by molar-refractivity contribution is 6.10. The van der Waals surface area contributed by atoms with Crippen molar-refractivity contribution in [1.82, 2.24) is 0 Å². The first kappa shape index (κ1) is 17.5. The van der Waals surface area contributed by atoms with Gasteiger partial charge in [-0.1, -0.05) is 32.3 Å². The second kappa shape index (κ2) is 8.11. The van der Waals surface area contributed by atoms with Crippen LogP contribution in [0.25, 0.3) is 0 Å². The average molecular weight is 310 g/mol. The lowest BCUT2D eigenvalue weighted by Gasteiger charge is -2.28. The van der Waals surface area contributed by atoms with Gasteiger partial charge in [0, 0.05) is 17.9 Å². The fraction of sp³-hybridized carbons (Fsp3) is 0.524. The Balaban J connectivity index is 2.44.